The zero-order valence-electron chi connectivity index (χ0n) is 14.0. The third-order valence-corrected chi connectivity index (χ3v) is 5.47. The van der Waals surface area contributed by atoms with Crippen LogP contribution in [0.5, 0.6) is 0 Å². The van der Waals surface area contributed by atoms with Gasteiger partial charge >= 0.3 is 0 Å². The Labute approximate surface area is 145 Å². The van der Waals surface area contributed by atoms with Crippen molar-refractivity contribution < 1.29 is 13.9 Å². The van der Waals surface area contributed by atoms with Gasteiger partial charge in [0.25, 0.3) is 0 Å². The van der Waals surface area contributed by atoms with E-state index in [1.54, 1.807) is 11.8 Å². The second-order valence-corrected chi connectivity index (χ2v) is 7.31. The molecule has 0 fully saturated rings. The summed E-state index contributed by atoms with van der Waals surface area (Å²) in [5.41, 5.74) is -1.43. The number of benzene rings is 1. The van der Waals surface area contributed by atoms with E-state index in [1.165, 1.54) is 29.5 Å². The minimum atomic E-state index is -1.51. The van der Waals surface area contributed by atoms with Gasteiger partial charge in [-0.15, -0.1) is 0 Å². The summed E-state index contributed by atoms with van der Waals surface area (Å²) in [4.78, 5) is 3.86. The van der Waals surface area contributed by atoms with Crippen LogP contribution in [0.15, 0.2) is 30.9 Å². The van der Waals surface area contributed by atoms with E-state index in [0.29, 0.717) is 0 Å². The summed E-state index contributed by atoms with van der Waals surface area (Å²) in [6, 6.07) is 3.28. The number of unbranched alkanes of at least 4 members (excludes halogenated alkanes) is 2. The van der Waals surface area contributed by atoms with Crippen LogP contribution < -0.4 is 0 Å². The monoisotopic (exact) mass is 355 g/mol. The van der Waals surface area contributed by atoms with Gasteiger partial charge in [0.1, 0.15) is 29.9 Å². The first kappa shape index (κ1) is 18.9. The SMILES string of the molecule is CCCCCS[C@H](C)[C@](O)(Cn1cncn1)c1ccc(F)cc1F. The summed E-state index contributed by atoms with van der Waals surface area (Å²) in [6.45, 7) is 4.04. The summed E-state index contributed by atoms with van der Waals surface area (Å²) in [5, 5.41) is 15.0. The standard InChI is InChI=1S/C17H23F2N3OS/c1-3-4-5-8-24-13(2)17(23,10-22-12-20-11-21-22)15-7-6-14(18)9-16(15)19/h6-7,9,11-13,23H,3-5,8,10H2,1-2H3/t13-,17-/m1/s1. The van der Waals surface area contributed by atoms with Crippen molar-refractivity contribution in [1.82, 2.24) is 14.8 Å². The predicted molar refractivity (Wildman–Crippen MR) is 91.7 cm³/mol. The fourth-order valence-electron chi connectivity index (χ4n) is 2.58. The fraction of sp³-hybridized carbons (Fsp3) is 0.529. The van der Waals surface area contributed by atoms with Gasteiger partial charge in [-0.25, -0.2) is 18.4 Å². The van der Waals surface area contributed by atoms with Crippen molar-refractivity contribution in [3.63, 3.8) is 0 Å². The van der Waals surface area contributed by atoms with Crippen LogP contribution in [0.25, 0.3) is 0 Å². The Kier molecular flexibility index (Phi) is 6.74. The Balaban J connectivity index is 2.26. The minimum Gasteiger partial charge on any atom is -0.382 e. The van der Waals surface area contributed by atoms with Gasteiger partial charge in [-0.3, -0.25) is 0 Å². The third kappa shape index (κ3) is 4.54. The van der Waals surface area contributed by atoms with Crippen molar-refractivity contribution >= 4 is 11.8 Å². The first-order valence-corrected chi connectivity index (χ1v) is 9.14. The number of halogens is 2. The molecule has 1 aromatic heterocycles. The molecule has 0 aliphatic heterocycles. The Morgan fingerprint density at radius 3 is 2.75 bits per heavy atom. The van der Waals surface area contributed by atoms with Crippen molar-refractivity contribution in [2.45, 2.75) is 50.5 Å². The van der Waals surface area contributed by atoms with Crippen molar-refractivity contribution in [3.8, 4) is 0 Å². The average Bonchev–Trinajstić information content (AvgIpc) is 3.03. The van der Waals surface area contributed by atoms with E-state index in [0.717, 1.165) is 31.1 Å². The number of hydrogen-bond donors (Lipinski definition) is 1. The van der Waals surface area contributed by atoms with Gasteiger partial charge in [0.2, 0.25) is 0 Å². The van der Waals surface area contributed by atoms with Crippen molar-refractivity contribution in [1.29, 1.82) is 0 Å². The molecule has 2 aromatic rings. The Morgan fingerprint density at radius 2 is 2.12 bits per heavy atom. The van der Waals surface area contributed by atoms with Gasteiger partial charge in [-0.2, -0.15) is 16.9 Å². The largest absolute Gasteiger partial charge is 0.382 e. The summed E-state index contributed by atoms with van der Waals surface area (Å²) < 4.78 is 29.0. The van der Waals surface area contributed by atoms with Gasteiger partial charge in [0, 0.05) is 16.9 Å². The highest BCUT2D eigenvalue weighted by Gasteiger charge is 2.39. The molecule has 0 bridgehead atoms. The van der Waals surface area contributed by atoms with E-state index in [4.69, 9.17) is 0 Å². The summed E-state index contributed by atoms with van der Waals surface area (Å²) in [6.07, 6.45) is 6.11. The number of aliphatic hydroxyl groups is 1. The molecule has 0 saturated heterocycles. The molecule has 132 valence electrons. The van der Waals surface area contributed by atoms with Gasteiger partial charge in [0.15, 0.2) is 0 Å². The first-order chi connectivity index (χ1) is 11.5. The van der Waals surface area contributed by atoms with Crippen LogP contribution in [0.4, 0.5) is 8.78 Å². The van der Waals surface area contributed by atoms with E-state index in [2.05, 4.69) is 17.0 Å². The third-order valence-electron chi connectivity index (χ3n) is 4.06. The van der Waals surface area contributed by atoms with Crippen LogP contribution in [-0.4, -0.2) is 30.9 Å². The van der Waals surface area contributed by atoms with E-state index in [-0.39, 0.29) is 17.4 Å². The zero-order chi connectivity index (χ0) is 17.6. The van der Waals surface area contributed by atoms with Gasteiger partial charge < -0.3 is 5.11 Å². The molecule has 0 amide bonds. The maximum Gasteiger partial charge on any atom is 0.137 e. The van der Waals surface area contributed by atoms with E-state index in [1.807, 2.05) is 6.92 Å². The molecule has 1 heterocycles. The highest BCUT2D eigenvalue weighted by molar-refractivity contribution is 7.99. The zero-order valence-corrected chi connectivity index (χ0v) is 14.8. The van der Waals surface area contributed by atoms with Crippen LogP contribution in [0.2, 0.25) is 0 Å². The van der Waals surface area contributed by atoms with Crippen molar-refractivity contribution in [2.75, 3.05) is 5.75 Å². The van der Waals surface area contributed by atoms with E-state index >= 15 is 0 Å². The van der Waals surface area contributed by atoms with Gasteiger partial charge in [-0.1, -0.05) is 32.8 Å². The molecule has 1 aromatic carbocycles. The van der Waals surface area contributed by atoms with E-state index in [9.17, 15) is 13.9 Å². The molecular formula is C17H23F2N3OS. The summed E-state index contributed by atoms with van der Waals surface area (Å²) in [7, 11) is 0. The second-order valence-electron chi connectivity index (χ2n) is 5.86. The van der Waals surface area contributed by atoms with Crippen LogP contribution >= 0.6 is 11.8 Å². The lowest BCUT2D eigenvalue weighted by atomic mass is 9.90. The molecule has 4 nitrogen and oxygen atoms in total. The molecule has 0 radical (unpaired) electrons. The molecule has 24 heavy (non-hydrogen) atoms. The lowest BCUT2D eigenvalue weighted by Gasteiger charge is -2.34. The predicted octanol–water partition coefficient (Wildman–Crippen LogP) is 3.76. The topological polar surface area (TPSA) is 50.9 Å². The average molecular weight is 355 g/mol. The highest BCUT2D eigenvalue weighted by Crippen LogP contribution is 2.36. The smallest absolute Gasteiger partial charge is 0.137 e. The maximum absolute atomic E-state index is 14.3. The van der Waals surface area contributed by atoms with Crippen LogP contribution in [0.3, 0.4) is 0 Å². The molecule has 2 rings (SSSR count). The van der Waals surface area contributed by atoms with Crippen LogP contribution in [0, 0.1) is 11.6 Å². The number of nitrogens with zero attached hydrogens (tertiary/aromatic N) is 3. The molecule has 0 aliphatic carbocycles. The Bertz CT molecular complexity index is 639. The van der Waals surface area contributed by atoms with Gasteiger partial charge in [-0.05, 0) is 18.2 Å². The molecule has 1 N–H and O–H groups in total. The van der Waals surface area contributed by atoms with E-state index < -0.39 is 17.2 Å². The highest BCUT2D eigenvalue weighted by atomic mass is 32.2. The molecule has 0 spiro atoms. The summed E-state index contributed by atoms with van der Waals surface area (Å²) >= 11 is 1.58. The van der Waals surface area contributed by atoms with Crippen molar-refractivity contribution in [2.24, 2.45) is 0 Å². The summed E-state index contributed by atoms with van der Waals surface area (Å²) in [5.74, 6) is -0.543. The maximum atomic E-state index is 14.3. The number of aromatic nitrogens is 3. The molecule has 7 heteroatoms. The normalized spacial score (nSPS) is 15.2. The number of hydrogen-bond acceptors (Lipinski definition) is 4. The quantitative estimate of drug-likeness (QED) is 0.696. The van der Waals surface area contributed by atoms with Gasteiger partial charge in [0.05, 0.1) is 6.54 Å². The lowest BCUT2D eigenvalue weighted by Crippen LogP contribution is -2.41. The lowest BCUT2D eigenvalue weighted by molar-refractivity contribution is 0.0133. The molecule has 0 unspecified atom stereocenters. The molecule has 0 aliphatic rings. The molecule has 2 atom stereocenters. The fourth-order valence-corrected chi connectivity index (χ4v) is 3.79. The Hall–Kier alpha value is -1.47. The number of thioether (sulfide) groups is 1. The van der Waals surface area contributed by atoms with Crippen molar-refractivity contribution in [3.05, 3.63) is 48.1 Å². The van der Waals surface area contributed by atoms with Crippen LogP contribution in [0.1, 0.15) is 38.7 Å². The van der Waals surface area contributed by atoms with Crippen LogP contribution in [-0.2, 0) is 12.1 Å². The first-order valence-electron chi connectivity index (χ1n) is 8.09. The minimum absolute atomic E-state index is 0.0531. The second kappa shape index (κ2) is 8.58. The Morgan fingerprint density at radius 1 is 1.33 bits per heavy atom. The number of rotatable bonds is 9. The molecular weight excluding hydrogens is 332 g/mol. The molecule has 0 saturated carbocycles.